The SMILES string of the molecule is Cc1ccnc(-n2[nH]c(C)c(C)c2=O)c1. The Bertz CT molecular complexity index is 551. The van der Waals surface area contributed by atoms with Gasteiger partial charge in [0.05, 0.1) is 0 Å². The molecule has 78 valence electrons. The van der Waals surface area contributed by atoms with Crippen LogP contribution in [0.4, 0.5) is 0 Å². The van der Waals surface area contributed by atoms with Gasteiger partial charge in [0, 0.05) is 17.5 Å². The Labute approximate surface area is 87.6 Å². The lowest BCUT2D eigenvalue weighted by Crippen LogP contribution is -2.16. The molecule has 2 aromatic heterocycles. The highest BCUT2D eigenvalue weighted by Gasteiger charge is 2.08. The Balaban J connectivity index is 2.64. The molecule has 4 heteroatoms. The number of aromatic nitrogens is 3. The van der Waals surface area contributed by atoms with E-state index in [1.54, 1.807) is 13.1 Å². The largest absolute Gasteiger partial charge is 0.294 e. The molecular formula is C11H13N3O. The van der Waals surface area contributed by atoms with E-state index in [9.17, 15) is 4.79 Å². The molecular weight excluding hydrogens is 190 g/mol. The highest BCUT2D eigenvalue weighted by Crippen LogP contribution is 2.05. The summed E-state index contributed by atoms with van der Waals surface area (Å²) < 4.78 is 1.47. The third-order valence-corrected chi connectivity index (χ3v) is 2.50. The summed E-state index contributed by atoms with van der Waals surface area (Å²) in [6, 6.07) is 3.77. The number of hydrogen-bond donors (Lipinski definition) is 1. The van der Waals surface area contributed by atoms with Gasteiger partial charge in [-0.05, 0) is 38.5 Å². The van der Waals surface area contributed by atoms with Gasteiger partial charge in [-0.2, -0.15) is 0 Å². The summed E-state index contributed by atoms with van der Waals surface area (Å²) in [5.74, 6) is 0.635. The van der Waals surface area contributed by atoms with Gasteiger partial charge in [-0.25, -0.2) is 9.67 Å². The van der Waals surface area contributed by atoms with Crippen molar-refractivity contribution in [3.8, 4) is 5.82 Å². The van der Waals surface area contributed by atoms with Gasteiger partial charge in [-0.15, -0.1) is 0 Å². The lowest BCUT2D eigenvalue weighted by Gasteiger charge is -2.00. The second kappa shape index (κ2) is 3.38. The minimum absolute atomic E-state index is 0.0365. The molecule has 0 saturated carbocycles. The molecule has 15 heavy (non-hydrogen) atoms. The number of aryl methyl sites for hydroxylation is 2. The number of aromatic amines is 1. The van der Waals surface area contributed by atoms with Crippen LogP contribution in [0.2, 0.25) is 0 Å². The Morgan fingerprint density at radius 2 is 2.07 bits per heavy atom. The smallest absolute Gasteiger partial charge is 0.275 e. The molecule has 0 unspecified atom stereocenters. The molecule has 0 amide bonds. The van der Waals surface area contributed by atoms with Crippen molar-refractivity contribution < 1.29 is 0 Å². The van der Waals surface area contributed by atoms with E-state index in [-0.39, 0.29) is 5.56 Å². The van der Waals surface area contributed by atoms with Crippen molar-refractivity contribution >= 4 is 0 Å². The molecule has 0 spiro atoms. The predicted octanol–water partition coefficient (Wildman–Crippen LogP) is 1.49. The average molecular weight is 203 g/mol. The van der Waals surface area contributed by atoms with Crippen molar-refractivity contribution in [3.63, 3.8) is 0 Å². The van der Waals surface area contributed by atoms with Crippen molar-refractivity contribution in [2.45, 2.75) is 20.8 Å². The molecule has 0 bridgehead atoms. The fourth-order valence-electron chi connectivity index (χ4n) is 1.43. The van der Waals surface area contributed by atoms with E-state index in [2.05, 4.69) is 10.1 Å². The molecule has 2 rings (SSSR count). The van der Waals surface area contributed by atoms with E-state index in [0.717, 1.165) is 16.8 Å². The second-order valence-corrected chi connectivity index (χ2v) is 3.69. The van der Waals surface area contributed by atoms with Crippen LogP contribution in [0.1, 0.15) is 16.8 Å². The average Bonchev–Trinajstić information content (AvgIpc) is 2.46. The van der Waals surface area contributed by atoms with Gasteiger partial charge in [-0.3, -0.25) is 9.89 Å². The Hall–Kier alpha value is -1.84. The molecule has 0 aliphatic carbocycles. The van der Waals surface area contributed by atoms with Crippen LogP contribution in [-0.2, 0) is 0 Å². The summed E-state index contributed by atoms with van der Waals surface area (Å²) in [7, 11) is 0. The quantitative estimate of drug-likeness (QED) is 0.763. The first-order valence-corrected chi connectivity index (χ1v) is 4.81. The second-order valence-electron chi connectivity index (χ2n) is 3.69. The number of nitrogens with zero attached hydrogens (tertiary/aromatic N) is 2. The van der Waals surface area contributed by atoms with Gasteiger partial charge in [0.15, 0.2) is 5.82 Å². The van der Waals surface area contributed by atoms with E-state index in [4.69, 9.17) is 0 Å². The van der Waals surface area contributed by atoms with Crippen LogP contribution in [-0.4, -0.2) is 14.8 Å². The van der Waals surface area contributed by atoms with Gasteiger partial charge < -0.3 is 0 Å². The van der Waals surface area contributed by atoms with Gasteiger partial charge in [0.1, 0.15) is 0 Å². The summed E-state index contributed by atoms with van der Waals surface area (Å²) in [5, 5.41) is 3.00. The van der Waals surface area contributed by atoms with Crippen molar-refractivity contribution in [1.29, 1.82) is 0 Å². The topological polar surface area (TPSA) is 50.7 Å². The molecule has 0 saturated heterocycles. The van der Waals surface area contributed by atoms with Gasteiger partial charge >= 0.3 is 0 Å². The molecule has 0 aliphatic rings. The molecule has 0 radical (unpaired) electrons. The predicted molar refractivity (Wildman–Crippen MR) is 58.4 cm³/mol. The van der Waals surface area contributed by atoms with Crippen LogP contribution in [0, 0.1) is 20.8 Å². The van der Waals surface area contributed by atoms with Crippen LogP contribution < -0.4 is 5.56 Å². The van der Waals surface area contributed by atoms with Crippen LogP contribution >= 0.6 is 0 Å². The minimum atomic E-state index is -0.0365. The number of hydrogen-bond acceptors (Lipinski definition) is 2. The van der Waals surface area contributed by atoms with Crippen LogP contribution in [0.3, 0.4) is 0 Å². The number of pyridine rings is 1. The first kappa shape index (κ1) is 9.71. The Kier molecular flexibility index (Phi) is 2.19. The lowest BCUT2D eigenvalue weighted by atomic mass is 10.3. The number of rotatable bonds is 1. The van der Waals surface area contributed by atoms with Gasteiger partial charge in [0.25, 0.3) is 5.56 Å². The molecule has 0 aliphatic heterocycles. The minimum Gasteiger partial charge on any atom is -0.294 e. The molecule has 2 aromatic rings. The first-order chi connectivity index (χ1) is 7.09. The van der Waals surface area contributed by atoms with Gasteiger partial charge in [0.2, 0.25) is 0 Å². The normalized spacial score (nSPS) is 10.6. The molecule has 0 aromatic carbocycles. The Morgan fingerprint density at radius 1 is 1.33 bits per heavy atom. The lowest BCUT2D eigenvalue weighted by molar-refractivity contribution is 0.805. The molecule has 2 heterocycles. The van der Waals surface area contributed by atoms with Crippen molar-refractivity contribution in [2.24, 2.45) is 0 Å². The Morgan fingerprint density at radius 3 is 2.60 bits per heavy atom. The number of nitrogens with one attached hydrogen (secondary N) is 1. The van der Waals surface area contributed by atoms with E-state index < -0.39 is 0 Å². The summed E-state index contributed by atoms with van der Waals surface area (Å²) in [5.41, 5.74) is 2.66. The molecule has 1 N–H and O–H groups in total. The van der Waals surface area contributed by atoms with Crippen molar-refractivity contribution in [3.05, 3.63) is 45.5 Å². The zero-order valence-electron chi connectivity index (χ0n) is 9.03. The summed E-state index contributed by atoms with van der Waals surface area (Å²) in [4.78, 5) is 15.9. The highest BCUT2D eigenvalue weighted by molar-refractivity contribution is 5.28. The standard InChI is InChI=1S/C11H13N3O/c1-7-4-5-12-10(6-7)14-11(15)8(2)9(3)13-14/h4-6,13H,1-3H3. The fourth-order valence-corrected chi connectivity index (χ4v) is 1.43. The van der Waals surface area contributed by atoms with Crippen molar-refractivity contribution in [2.75, 3.05) is 0 Å². The van der Waals surface area contributed by atoms with Crippen LogP contribution in [0.5, 0.6) is 0 Å². The van der Waals surface area contributed by atoms with Gasteiger partial charge in [-0.1, -0.05) is 0 Å². The zero-order valence-corrected chi connectivity index (χ0v) is 9.03. The summed E-state index contributed by atoms with van der Waals surface area (Å²) in [6.45, 7) is 5.66. The third kappa shape index (κ3) is 1.58. The summed E-state index contributed by atoms with van der Waals surface area (Å²) in [6.07, 6.45) is 1.70. The number of H-pyrrole nitrogens is 1. The van der Waals surface area contributed by atoms with E-state index in [0.29, 0.717) is 5.82 Å². The monoisotopic (exact) mass is 203 g/mol. The van der Waals surface area contributed by atoms with E-state index in [1.165, 1.54) is 4.68 Å². The van der Waals surface area contributed by atoms with Crippen LogP contribution in [0.15, 0.2) is 23.1 Å². The van der Waals surface area contributed by atoms with E-state index in [1.807, 2.05) is 26.0 Å². The molecule has 4 nitrogen and oxygen atoms in total. The maximum absolute atomic E-state index is 11.8. The maximum Gasteiger partial charge on any atom is 0.275 e. The maximum atomic E-state index is 11.8. The molecule has 0 fully saturated rings. The van der Waals surface area contributed by atoms with Crippen LogP contribution in [0.25, 0.3) is 5.82 Å². The zero-order chi connectivity index (χ0) is 11.0. The third-order valence-electron chi connectivity index (χ3n) is 2.50. The molecule has 0 atom stereocenters. The van der Waals surface area contributed by atoms with E-state index >= 15 is 0 Å². The highest BCUT2D eigenvalue weighted by atomic mass is 16.1. The van der Waals surface area contributed by atoms with Crippen molar-refractivity contribution in [1.82, 2.24) is 14.8 Å². The summed E-state index contributed by atoms with van der Waals surface area (Å²) >= 11 is 0. The fraction of sp³-hybridized carbons (Fsp3) is 0.273. The first-order valence-electron chi connectivity index (χ1n) is 4.81.